The highest BCUT2D eigenvalue weighted by molar-refractivity contribution is 6.32. The van der Waals surface area contributed by atoms with E-state index in [1.165, 1.54) is 12.4 Å². The number of aliphatic carboxylic acids is 1. The molecule has 0 atom stereocenters. The van der Waals surface area contributed by atoms with Crippen molar-refractivity contribution in [2.24, 2.45) is 0 Å². The van der Waals surface area contributed by atoms with E-state index in [1.54, 1.807) is 42.5 Å². The van der Waals surface area contributed by atoms with E-state index in [0.717, 1.165) is 5.69 Å². The molecule has 0 radical (unpaired) electrons. The van der Waals surface area contributed by atoms with E-state index in [0.29, 0.717) is 32.9 Å². The third kappa shape index (κ3) is 7.71. The van der Waals surface area contributed by atoms with E-state index in [-0.39, 0.29) is 5.91 Å². The summed E-state index contributed by atoms with van der Waals surface area (Å²) in [5, 5.41) is 10.7. The van der Waals surface area contributed by atoms with Crippen molar-refractivity contribution in [1.29, 1.82) is 0 Å². The molecule has 0 spiro atoms. The summed E-state index contributed by atoms with van der Waals surface area (Å²) in [5.74, 6) is -2.23. The van der Waals surface area contributed by atoms with Crippen molar-refractivity contribution in [3.63, 3.8) is 0 Å². The van der Waals surface area contributed by atoms with Gasteiger partial charge in [0.2, 0.25) is 5.88 Å². The fraction of sp³-hybridized carbons (Fsp3) is 0.100. The van der Waals surface area contributed by atoms with Crippen molar-refractivity contribution < 1.29 is 32.6 Å². The second kappa shape index (κ2) is 10.8. The molecule has 2 N–H and O–H groups in total. The van der Waals surface area contributed by atoms with Crippen LogP contribution < -0.4 is 10.1 Å². The van der Waals surface area contributed by atoms with Gasteiger partial charge in [0.05, 0.1) is 15.6 Å². The predicted molar refractivity (Wildman–Crippen MR) is 111 cm³/mol. The molecule has 168 valence electrons. The molecule has 0 aliphatic carbocycles. The lowest BCUT2D eigenvalue weighted by Gasteiger charge is -2.10. The predicted octanol–water partition coefficient (Wildman–Crippen LogP) is 5.77. The van der Waals surface area contributed by atoms with Gasteiger partial charge in [0.1, 0.15) is 5.75 Å². The number of aryl methyl sites for hydroxylation is 1. The standard InChI is InChI=1S/C18H13Cl2N3O2.C2HF3O2/c1-11-2-3-12(9-21-11)18(24)23-14-5-6-16(15(20)8-14)25-17-7-4-13(19)10-22-17;3-2(4,5)1(6)7/h2-10H,1H3,(H,23,24);(H,6,7). The van der Waals surface area contributed by atoms with Gasteiger partial charge in [0.15, 0.2) is 0 Å². The largest absolute Gasteiger partial charge is 0.490 e. The van der Waals surface area contributed by atoms with Crippen molar-refractivity contribution in [2.45, 2.75) is 13.1 Å². The summed E-state index contributed by atoms with van der Waals surface area (Å²) in [7, 11) is 0. The Morgan fingerprint density at radius 3 is 2.22 bits per heavy atom. The van der Waals surface area contributed by atoms with Gasteiger partial charge in [-0.2, -0.15) is 13.2 Å². The normalized spacial score (nSPS) is 10.6. The molecule has 0 unspecified atom stereocenters. The van der Waals surface area contributed by atoms with Crippen molar-refractivity contribution >= 4 is 40.8 Å². The summed E-state index contributed by atoms with van der Waals surface area (Å²) < 4.78 is 37.3. The average molecular weight is 488 g/mol. The molecule has 0 aliphatic heterocycles. The number of carboxylic acid groups (broad SMARTS) is 1. The van der Waals surface area contributed by atoms with Gasteiger partial charge in [-0.25, -0.2) is 9.78 Å². The van der Waals surface area contributed by atoms with Gasteiger partial charge in [-0.05, 0) is 43.3 Å². The number of carbonyl (C=O) groups excluding carboxylic acids is 1. The number of hydrogen-bond acceptors (Lipinski definition) is 5. The molecule has 32 heavy (non-hydrogen) atoms. The molecule has 0 bridgehead atoms. The monoisotopic (exact) mass is 487 g/mol. The molecule has 12 heteroatoms. The molecule has 2 heterocycles. The molecule has 1 amide bonds. The van der Waals surface area contributed by atoms with Crippen LogP contribution in [0.5, 0.6) is 11.6 Å². The lowest BCUT2D eigenvalue weighted by Crippen LogP contribution is -2.21. The highest BCUT2D eigenvalue weighted by Crippen LogP contribution is 2.31. The first-order valence-electron chi connectivity index (χ1n) is 8.59. The van der Waals surface area contributed by atoms with Crippen LogP contribution in [0.3, 0.4) is 0 Å². The summed E-state index contributed by atoms with van der Waals surface area (Å²) >= 11 is 12.0. The van der Waals surface area contributed by atoms with E-state index >= 15 is 0 Å². The molecule has 0 saturated heterocycles. The number of carboxylic acids is 1. The van der Waals surface area contributed by atoms with E-state index in [4.69, 9.17) is 37.8 Å². The molecule has 0 aliphatic rings. The number of halogens is 5. The van der Waals surface area contributed by atoms with Crippen LogP contribution in [0.25, 0.3) is 0 Å². The van der Waals surface area contributed by atoms with Crippen molar-refractivity contribution in [3.8, 4) is 11.6 Å². The van der Waals surface area contributed by atoms with Crippen LogP contribution in [0.15, 0.2) is 54.9 Å². The van der Waals surface area contributed by atoms with Gasteiger partial charge >= 0.3 is 12.1 Å². The van der Waals surface area contributed by atoms with Gasteiger partial charge in [-0.1, -0.05) is 23.2 Å². The smallest absolute Gasteiger partial charge is 0.475 e. The molecule has 3 rings (SSSR count). The minimum Gasteiger partial charge on any atom is -0.475 e. The average Bonchev–Trinajstić information content (AvgIpc) is 2.72. The Hall–Kier alpha value is -3.37. The third-order valence-corrected chi connectivity index (χ3v) is 4.04. The number of carbonyl (C=O) groups is 2. The first-order valence-corrected chi connectivity index (χ1v) is 9.34. The van der Waals surface area contributed by atoms with Crippen LogP contribution >= 0.6 is 23.2 Å². The third-order valence-electron chi connectivity index (χ3n) is 3.52. The Balaban J connectivity index is 0.000000451. The van der Waals surface area contributed by atoms with E-state index in [1.807, 2.05) is 6.92 Å². The summed E-state index contributed by atoms with van der Waals surface area (Å²) in [6.07, 6.45) is -2.08. The minimum atomic E-state index is -5.08. The van der Waals surface area contributed by atoms with Crippen molar-refractivity contribution in [3.05, 3.63) is 76.2 Å². The number of ether oxygens (including phenoxy) is 1. The number of nitrogens with zero attached hydrogens (tertiary/aromatic N) is 2. The highest BCUT2D eigenvalue weighted by atomic mass is 35.5. The maximum atomic E-state index is 12.2. The van der Waals surface area contributed by atoms with Gasteiger partial charge < -0.3 is 15.2 Å². The van der Waals surface area contributed by atoms with Crippen LogP contribution in [0, 0.1) is 6.92 Å². The summed E-state index contributed by atoms with van der Waals surface area (Å²) in [6, 6.07) is 11.7. The molecule has 0 fully saturated rings. The number of benzene rings is 1. The number of aromatic nitrogens is 2. The van der Waals surface area contributed by atoms with Crippen LogP contribution in [-0.4, -0.2) is 33.1 Å². The Morgan fingerprint density at radius 1 is 1.03 bits per heavy atom. The lowest BCUT2D eigenvalue weighted by atomic mass is 10.2. The van der Waals surface area contributed by atoms with Crippen molar-refractivity contribution in [2.75, 3.05) is 5.32 Å². The van der Waals surface area contributed by atoms with Gasteiger partial charge in [0, 0.05) is 29.8 Å². The van der Waals surface area contributed by atoms with Gasteiger partial charge in [0.25, 0.3) is 5.91 Å². The second-order valence-electron chi connectivity index (χ2n) is 6.01. The zero-order valence-electron chi connectivity index (χ0n) is 16.2. The number of pyridine rings is 2. The highest BCUT2D eigenvalue weighted by Gasteiger charge is 2.38. The molecular weight excluding hydrogens is 474 g/mol. The fourth-order valence-electron chi connectivity index (χ4n) is 2.00. The van der Waals surface area contributed by atoms with Gasteiger partial charge in [-0.15, -0.1) is 0 Å². The zero-order valence-corrected chi connectivity index (χ0v) is 17.7. The Labute approximate surface area is 189 Å². The summed E-state index contributed by atoms with van der Waals surface area (Å²) in [5.41, 5.74) is 1.86. The number of amides is 1. The Kier molecular flexibility index (Phi) is 8.39. The van der Waals surface area contributed by atoms with Crippen molar-refractivity contribution in [1.82, 2.24) is 9.97 Å². The summed E-state index contributed by atoms with van der Waals surface area (Å²) in [4.78, 5) is 29.2. The lowest BCUT2D eigenvalue weighted by molar-refractivity contribution is -0.192. The quantitative estimate of drug-likeness (QED) is 0.484. The Bertz CT molecular complexity index is 1090. The number of alkyl halides is 3. The molecular formula is C20H14Cl2F3N3O4. The maximum Gasteiger partial charge on any atom is 0.490 e. The Morgan fingerprint density at radius 2 is 1.72 bits per heavy atom. The maximum absolute atomic E-state index is 12.2. The second-order valence-corrected chi connectivity index (χ2v) is 6.85. The zero-order chi connectivity index (χ0) is 23.9. The van der Waals surface area contributed by atoms with Gasteiger partial charge in [-0.3, -0.25) is 9.78 Å². The number of nitrogens with one attached hydrogen (secondary N) is 1. The molecule has 0 saturated carbocycles. The van der Waals surface area contributed by atoms with E-state index in [2.05, 4.69) is 15.3 Å². The van der Waals surface area contributed by atoms with E-state index < -0.39 is 12.1 Å². The van der Waals surface area contributed by atoms with E-state index in [9.17, 15) is 18.0 Å². The first-order chi connectivity index (χ1) is 15.0. The number of rotatable bonds is 4. The summed E-state index contributed by atoms with van der Waals surface area (Å²) in [6.45, 7) is 1.86. The fourth-order valence-corrected chi connectivity index (χ4v) is 2.33. The van der Waals surface area contributed by atoms with Crippen LogP contribution in [0.1, 0.15) is 16.1 Å². The first kappa shape index (κ1) is 24.9. The molecule has 1 aromatic carbocycles. The number of anilines is 1. The molecule has 2 aromatic heterocycles. The van der Waals surface area contributed by atoms with Crippen LogP contribution in [-0.2, 0) is 4.79 Å². The molecule has 3 aromatic rings. The molecule has 7 nitrogen and oxygen atoms in total. The van der Waals surface area contributed by atoms with Crippen LogP contribution in [0.4, 0.5) is 18.9 Å². The SMILES string of the molecule is Cc1ccc(C(=O)Nc2ccc(Oc3ccc(Cl)cn3)c(Cl)c2)cn1.O=C(O)C(F)(F)F. The van der Waals surface area contributed by atoms with Crippen LogP contribution in [0.2, 0.25) is 10.0 Å². The minimum absolute atomic E-state index is 0.267. The number of hydrogen-bond donors (Lipinski definition) is 2. The topological polar surface area (TPSA) is 101 Å².